The minimum Gasteiger partial charge on any atom is -0.508 e. The van der Waals surface area contributed by atoms with Crippen molar-refractivity contribution in [3.05, 3.63) is 54.2 Å². The minimum absolute atomic E-state index is 0.0724. The van der Waals surface area contributed by atoms with Gasteiger partial charge in [-0.3, -0.25) is 14.4 Å². The van der Waals surface area contributed by atoms with Gasteiger partial charge in [-0.05, 0) is 38.4 Å². The van der Waals surface area contributed by atoms with Gasteiger partial charge in [-0.1, -0.05) is 50.2 Å². The maximum Gasteiger partial charge on any atom is 0.531 e. The molecular weight excluding hydrogens is 517 g/mol. The molecule has 0 saturated carbocycles. The molecule has 0 radical (unpaired) electrons. The van der Waals surface area contributed by atoms with Gasteiger partial charge >= 0.3 is 19.1 Å². The summed E-state index contributed by atoms with van der Waals surface area (Å²) in [5.74, 6) is -3.16. The summed E-state index contributed by atoms with van der Waals surface area (Å²) < 4.78 is 16.1. The fraction of sp³-hybridized carbons (Fsp3) is 0.464. The lowest BCUT2D eigenvalue weighted by Crippen LogP contribution is -2.59. The Morgan fingerprint density at radius 1 is 1.10 bits per heavy atom. The van der Waals surface area contributed by atoms with E-state index < -0.39 is 60.9 Å². The lowest BCUT2D eigenvalue weighted by atomic mass is 9.64. The van der Waals surface area contributed by atoms with Crippen LogP contribution < -0.4 is 10.6 Å². The van der Waals surface area contributed by atoms with Crippen molar-refractivity contribution in [1.82, 2.24) is 15.6 Å². The molecular formula is C28H36BN3O8. The van der Waals surface area contributed by atoms with Crippen LogP contribution in [0.4, 0.5) is 0 Å². The maximum absolute atomic E-state index is 13.5. The summed E-state index contributed by atoms with van der Waals surface area (Å²) in [7, 11) is 1.46. The molecule has 2 aromatic rings. The van der Waals surface area contributed by atoms with E-state index in [-0.39, 0.29) is 18.0 Å². The van der Waals surface area contributed by atoms with Crippen LogP contribution in [0.5, 0.6) is 0 Å². The molecule has 5 atom stereocenters. The van der Waals surface area contributed by atoms with E-state index in [1.165, 1.54) is 27.1 Å². The number of likely N-dealkylation sites (N-methyl/N-ethyl adjacent to an activating group) is 1. The highest BCUT2D eigenvalue weighted by Gasteiger charge is 2.50. The molecule has 1 saturated heterocycles. The Morgan fingerprint density at radius 2 is 1.80 bits per heavy atom. The monoisotopic (exact) mass is 553 g/mol. The lowest BCUT2D eigenvalue weighted by Gasteiger charge is -2.35. The van der Waals surface area contributed by atoms with Crippen molar-refractivity contribution in [1.29, 1.82) is 0 Å². The third kappa shape index (κ3) is 7.74. The highest BCUT2D eigenvalue weighted by Crippen LogP contribution is 2.31. The third-order valence-electron chi connectivity index (χ3n) is 6.60. The number of amides is 1. The fourth-order valence-electron chi connectivity index (χ4n) is 4.64. The number of carbonyl (C=O) groups excluding carboxylic acids is 4. The van der Waals surface area contributed by atoms with Gasteiger partial charge in [0.2, 0.25) is 0 Å². The first-order valence-electron chi connectivity index (χ1n) is 13.2. The predicted molar refractivity (Wildman–Crippen MR) is 147 cm³/mol. The Labute approximate surface area is 234 Å². The van der Waals surface area contributed by atoms with Gasteiger partial charge in [-0.25, -0.2) is 9.78 Å². The summed E-state index contributed by atoms with van der Waals surface area (Å²) in [6.45, 7) is 5.25. The second-order valence-electron chi connectivity index (χ2n) is 10.2. The highest BCUT2D eigenvalue weighted by atomic mass is 16.7. The number of rotatable bonds is 12. The van der Waals surface area contributed by atoms with Gasteiger partial charge in [0.1, 0.15) is 17.8 Å². The number of hydrogen-bond donors (Lipinski definition) is 3. The average Bonchev–Trinajstić information content (AvgIpc) is 2.94. The van der Waals surface area contributed by atoms with Crippen molar-refractivity contribution >= 4 is 30.7 Å². The molecule has 40 heavy (non-hydrogen) atoms. The number of ether oxygens (including phenoxy) is 1. The van der Waals surface area contributed by atoms with Gasteiger partial charge in [-0.2, -0.15) is 0 Å². The van der Waals surface area contributed by atoms with Crippen molar-refractivity contribution in [2.75, 3.05) is 14.2 Å². The summed E-state index contributed by atoms with van der Waals surface area (Å²) in [5, 5.41) is 15.7. The molecule has 3 N–H and O–H groups in total. The smallest absolute Gasteiger partial charge is 0.508 e. The van der Waals surface area contributed by atoms with Gasteiger partial charge in [0, 0.05) is 17.8 Å². The average molecular weight is 553 g/mol. The summed E-state index contributed by atoms with van der Waals surface area (Å²) in [4.78, 5) is 55.9. The lowest BCUT2D eigenvalue weighted by molar-refractivity contribution is -0.163. The van der Waals surface area contributed by atoms with Gasteiger partial charge in [0.05, 0.1) is 18.9 Å². The maximum atomic E-state index is 13.5. The van der Waals surface area contributed by atoms with Crippen molar-refractivity contribution in [2.24, 2.45) is 5.92 Å². The first kappa shape index (κ1) is 30.9. The minimum atomic E-state index is -1.26. The van der Waals surface area contributed by atoms with Crippen LogP contribution in [-0.4, -0.2) is 79.3 Å². The molecule has 1 aromatic carbocycles. The highest BCUT2D eigenvalue weighted by molar-refractivity contribution is 6.50. The fourth-order valence-corrected chi connectivity index (χ4v) is 4.64. The molecule has 214 valence electrons. The van der Waals surface area contributed by atoms with Crippen LogP contribution in [0.1, 0.15) is 44.1 Å². The molecule has 0 aliphatic carbocycles. The number of benzene rings is 1. The van der Waals surface area contributed by atoms with Crippen LogP contribution in [0.3, 0.4) is 0 Å². The number of Topliss-reactive ketones (excluding diaryl/α,β-unsaturated/α-hetero) is 1. The molecule has 1 amide bonds. The van der Waals surface area contributed by atoms with Crippen molar-refractivity contribution in [2.45, 2.75) is 63.7 Å². The van der Waals surface area contributed by atoms with E-state index >= 15 is 0 Å². The van der Waals surface area contributed by atoms with Gasteiger partial charge in [0.15, 0.2) is 11.9 Å². The molecule has 1 aromatic heterocycles. The molecule has 0 spiro atoms. The molecule has 0 bridgehead atoms. The largest absolute Gasteiger partial charge is 0.531 e. The molecule has 0 unspecified atom stereocenters. The van der Waals surface area contributed by atoms with Gasteiger partial charge in [0.25, 0.3) is 5.91 Å². The second-order valence-corrected chi connectivity index (χ2v) is 10.2. The van der Waals surface area contributed by atoms with E-state index in [1.807, 2.05) is 44.2 Å². The SMILES string of the molecule is CN[C@@H]1C(=O)OB([C@@H](CC(=O)[C@@H](NC(=O)c2cccc(-c3ccccc3)n2)[C@@H](C)O)CC(C)C)O[C@H]1C(=O)OC. The summed E-state index contributed by atoms with van der Waals surface area (Å²) in [5.41, 5.74) is 1.49. The number of nitrogens with zero attached hydrogens (tertiary/aromatic N) is 1. The molecule has 3 rings (SSSR count). The van der Waals surface area contributed by atoms with Crippen LogP contribution in [0.2, 0.25) is 5.82 Å². The molecule has 2 heterocycles. The standard InChI is InChI=1S/C28H36BN3O8/c1-16(2)14-19(29-39-25(28(37)38-5)24(30-4)27(36)40-29)15-22(34)23(17(3)33)32-26(35)21-13-9-12-20(31-21)18-10-7-6-8-11-18/h6-13,16-17,19,23-25,30,33H,14-15H2,1-5H3,(H,32,35)/t17-,19-,23+,24+,25-/m1/s1. The van der Waals surface area contributed by atoms with E-state index in [4.69, 9.17) is 14.0 Å². The molecule has 1 fully saturated rings. The van der Waals surface area contributed by atoms with E-state index in [9.17, 15) is 24.3 Å². The Balaban J connectivity index is 1.78. The van der Waals surface area contributed by atoms with E-state index in [0.29, 0.717) is 12.1 Å². The number of hydrogen-bond acceptors (Lipinski definition) is 10. The van der Waals surface area contributed by atoms with Crippen LogP contribution in [0, 0.1) is 5.92 Å². The number of aliphatic hydroxyl groups excluding tert-OH is 1. The summed E-state index contributed by atoms with van der Waals surface area (Å²) >= 11 is 0. The van der Waals surface area contributed by atoms with Crippen LogP contribution in [0.15, 0.2) is 48.5 Å². The normalized spacial score (nSPS) is 19.4. The second kappa shape index (κ2) is 14.2. The molecule has 11 nitrogen and oxygen atoms in total. The number of methoxy groups -OCH3 is 1. The third-order valence-corrected chi connectivity index (χ3v) is 6.60. The molecule has 1 aliphatic heterocycles. The van der Waals surface area contributed by atoms with Crippen molar-refractivity contribution in [3.8, 4) is 11.3 Å². The summed E-state index contributed by atoms with van der Waals surface area (Å²) in [6, 6.07) is 12.0. The zero-order valence-electron chi connectivity index (χ0n) is 23.3. The number of aromatic nitrogens is 1. The first-order chi connectivity index (χ1) is 19.0. The number of ketones is 1. The van der Waals surface area contributed by atoms with Gasteiger partial charge in [-0.15, -0.1) is 0 Å². The Kier molecular flexibility index (Phi) is 10.9. The zero-order valence-corrected chi connectivity index (χ0v) is 23.3. The molecule has 1 aliphatic rings. The number of carbonyl (C=O) groups is 4. The van der Waals surface area contributed by atoms with Gasteiger partial charge < -0.3 is 29.8 Å². The summed E-state index contributed by atoms with van der Waals surface area (Å²) in [6.07, 6.45) is -2.27. The number of esters is 1. The number of nitrogens with one attached hydrogen (secondary N) is 2. The predicted octanol–water partition coefficient (Wildman–Crippen LogP) is 1.79. The van der Waals surface area contributed by atoms with Crippen molar-refractivity contribution < 1.29 is 38.3 Å². The molecule has 12 heteroatoms. The van der Waals surface area contributed by atoms with E-state index in [0.717, 1.165) is 5.56 Å². The van der Waals surface area contributed by atoms with E-state index in [2.05, 4.69) is 15.6 Å². The zero-order chi connectivity index (χ0) is 29.4. The Bertz CT molecular complexity index is 1190. The quantitative estimate of drug-likeness (QED) is 0.262. The Hall–Kier alpha value is -3.61. The van der Waals surface area contributed by atoms with Crippen molar-refractivity contribution in [3.63, 3.8) is 0 Å². The number of pyridine rings is 1. The number of aliphatic hydroxyl groups is 1. The topological polar surface area (TPSA) is 153 Å². The first-order valence-corrected chi connectivity index (χ1v) is 13.2. The Morgan fingerprint density at radius 3 is 2.40 bits per heavy atom. The van der Waals surface area contributed by atoms with Crippen LogP contribution in [-0.2, 0) is 28.4 Å². The van der Waals surface area contributed by atoms with E-state index in [1.54, 1.807) is 12.1 Å². The van der Waals surface area contributed by atoms with Crippen LogP contribution >= 0.6 is 0 Å². The van der Waals surface area contributed by atoms with Crippen LogP contribution in [0.25, 0.3) is 11.3 Å².